The lowest BCUT2D eigenvalue weighted by molar-refractivity contribution is 0.918. The molecule has 1 nitrogen and oxygen atoms in total. The Bertz CT molecular complexity index is 383. The topological polar surface area (TPSA) is 4.93 Å². The zero-order valence-corrected chi connectivity index (χ0v) is 7.67. The molecule has 0 N–H and O–H groups in total. The van der Waals surface area contributed by atoms with Gasteiger partial charge in [-0.25, -0.2) is 0 Å². The van der Waals surface area contributed by atoms with E-state index in [4.69, 9.17) is 0 Å². The lowest BCUT2D eigenvalue weighted by Gasteiger charge is -2.01. The Hall–Kier alpha value is -1.22. The molecule has 0 bridgehead atoms. The maximum absolute atomic E-state index is 12.4. The van der Waals surface area contributed by atoms with Crippen LogP contribution in [0.1, 0.15) is 0 Å². The van der Waals surface area contributed by atoms with Crippen LogP contribution in [-0.4, -0.2) is 3.97 Å². The Morgan fingerprint density at radius 2 is 1.77 bits per heavy atom. The van der Waals surface area contributed by atoms with Crippen molar-refractivity contribution in [3.63, 3.8) is 0 Å². The molecule has 0 saturated heterocycles. The van der Waals surface area contributed by atoms with E-state index in [0.717, 1.165) is 11.3 Å². The summed E-state index contributed by atoms with van der Waals surface area (Å²) in [6.07, 6.45) is 1.70. The molecule has 0 radical (unpaired) electrons. The predicted molar refractivity (Wildman–Crippen MR) is 54.0 cm³/mol. The van der Waals surface area contributed by atoms with Crippen molar-refractivity contribution in [1.82, 2.24) is 3.97 Å². The molecule has 0 fully saturated rings. The Balaban J connectivity index is 2.47. The van der Waals surface area contributed by atoms with Crippen molar-refractivity contribution in [2.45, 2.75) is 0 Å². The first kappa shape index (κ1) is 8.38. The Labute approximate surface area is 80.6 Å². The average Bonchev–Trinajstić information content (AvgIpc) is 2.67. The van der Waals surface area contributed by atoms with Crippen molar-refractivity contribution in [2.24, 2.45) is 0 Å². The molecule has 0 atom stereocenters. The van der Waals surface area contributed by atoms with Crippen LogP contribution < -0.4 is 0 Å². The smallest absolute Gasteiger partial charge is 0.169 e. The van der Waals surface area contributed by atoms with E-state index in [1.807, 2.05) is 42.5 Å². The van der Waals surface area contributed by atoms with E-state index in [9.17, 15) is 3.89 Å². The van der Waals surface area contributed by atoms with Crippen LogP contribution in [0.4, 0.5) is 3.89 Å². The van der Waals surface area contributed by atoms with Gasteiger partial charge in [0.25, 0.3) is 0 Å². The van der Waals surface area contributed by atoms with Crippen LogP contribution in [0.15, 0.2) is 48.7 Å². The minimum atomic E-state index is 0.214. The summed E-state index contributed by atoms with van der Waals surface area (Å²) in [7, 11) is 0. The van der Waals surface area contributed by atoms with Crippen LogP contribution in [0, 0.1) is 0 Å². The van der Waals surface area contributed by atoms with Crippen LogP contribution in [0.2, 0.25) is 0 Å². The zero-order chi connectivity index (χ0) is 9.10. The first-order valence-electron chi connectivity index (χ1n) is 3.93. The molecule has 0 saturated carbocycles. The molecule has 1 aromatic carbocycles. The van der Waals surface area contributed by atoms with Gasteiger partial charge >= 0.3 is 0 Å². The molecule has 0 aliphatic carbocycles. The SMILES string of the molecule is FSn1cccc1-c1ccccc1. The summed E-state index contributed by atoms with van der Waals surface area (Å²) in [5.41, 5.74) is 1.91. The van der Waals surface area contributed by atoms with Crippen LogP contribution >= 0.6 is 12.3 Å². The van der Waals surface area contributed by atoms with Gasteiger partial charge < -0.3 is 0 Å². The first-order valence-corrected chi connectivity index (χ1v) is 4.61. The molecule has 2 rings (SSSR count). The van der Waals surface area contributed by atoms with Gasteiger partial charge in [0.1, 0.15) is 0 Å². The molecule has 3 heteroatoms. The second kappa shape index (κ2) is 3.66. The molecular formula is C10H8FNS. The van der Waals surface area contributed by atoms with E-state index in [0.29, 0.717) is 0 Å². The Morgan fingerprint density at radius 3 is 2.46 bits per heavy atom. The standard InChI is InChI=1S/C10H8FNS/c11-13-12-8-4-7-10(12)9-5-2-1-3-6-9/h1-8H. The molecule has 13 heavy (non-hydrogen) atoms. The van der Waals surface area contributed by atoms with E-state index >= 15 is 0 Å². The number of nitrogens with zero attached hydrogens (tertiary/aromatic N) is 1. The largest absolute Gasteiger partial charge is 0.264 e. The van der Waals surface area contributed by atoms with Gasteiger partial charge in [0.2, 0.25) is 0 Å². The summed E-state index contributed by atoms with van der Waals surface area (Å²) in [6.45, 7) is 0. The van der Waals surface area contributed by atoms with E-state index in [1.54, 1.807) is 6.20 Å². The summed E-state index contributed by atoms with van der Waals surface area (Å²) in [5, 5.41) is 0. The minimum Gasteiger partial charge on any atom is -0.264 e. The van der Waals surface area contributed by atoms with Crippen LogP contribution in [0.5, 0.6) is 0 Å². The minimum absolute atomic E-state index is 0.214. The van der Waals surface area contributed by atoms with Crippen LogP contribution in [-0.2, 0) is 0 Å². The van der Waals surface area contributed by atoms with E-state index in [1.165, 1.54) is 3.97 Å². The second-order valence-corrected chi connectivity index (χ2v) is 3.19. The van der Waals surface area contributed by atoms with Crippen molar-refractivity contribution >= 4 is 12.3 Å². The Morgan fingerprint density at radius 1 is 1.00 bits per heavy atom. The highest BCUT2D eigenvalue weighted by Gasteiger charge is 2.02. The second-order valence-electron chi connectivity index (χ2n) is 2.65. The quantitative estimate of drug-likeness (QED) is 0.706. The summed E-state index contributed by atoms with van der Waals surface area (Å²) >= 11 is 0.214. The van der Waals surface area contributed by atoms with Gasteiger partial charge in [0, 0.05) is 6.20 Å². The molecule has 1 aromatic heterocycles. The molecular weight excluding hydrogens is 185 g/mol. The molecule has 66 valence electrons. The van der Waals surface area contributed by atoms with Crippen molar-refractivity contribution in [1.29, 1.82) is 0 Å². The molecule has 0 aliphatic heterocycles. The zero-order valence-electron chi connectivity index (χ0n) is 6.85. The third-order valence-corrected chi connectivity index (χ3v) is 2.32. The van der Waals surface area contributed by atoms with E-state index in [2.05, 4.69) is 0 Å². The van der Waals surface area contributed by atoms with Gasteiger partial charge in [-0.05, 0) is 17.7 Å². The number of halogens is 1. The number of hydrogen-bond donors (Lipinski definition) is 0. The van der Waals surface area contributed by atoms with Crippen molar-refractivity contribution < 1.29 is 3.89 Å². The van der Waals surface area contributed by atoms with Gasteiger partial charge in [0.05, 0.1) is 5.69 Å². The summed E-state index contributed by atoms with van der Waals surface area (Å²) in [6, 6.07) is 13.5. The molecule has 0 unspecified atom stereocenters. The highest BCUT2D eigenvalue weighted by atomic mass is 32.2. The summed E-state index contributed by atoms with van der Waals surface area (Å²) in [4.78, 5) is 0. The fourth-order valence-corrected chi connectivity index (χ4v) is 1.62. The number of benzene rings is 1. The Kier molecular flexibility index (Phi) is 2.36. The van der Waals surface area contributed by atoms with Crippen molar-refractivity contribution in [3.8, 4) is 11.3 Å². The lowest BCUT2D eigenvalue weighted by Crippen LogP contribution is -1.84. The summed E-state index contributed by atoms with van der Waals surface area (Å²) in [5.74, 6) is 0. The third kappa shape index (κ3) is 1.60. The number of hydrogen-bond acceptors (Lipinski definition) is 1. The van der Waals surface area contributed by atoms with Gasteiger partial charge in [-0.3, -0.25) is 3.97 Å². The highest BCUT2D eigenvalue weighted by Crippen LogP contribution is 2.23. The normalized spacial score (nSPS) is 10.2. The molecule has 0 aliphatic rings. The van der Waals surface area contributed by atoms with Crippen molar-refractivity contribution in [2.75, 3.05) is 0 Å². The third-order valence-electron chi connectivity index (χ3n) is 1.86. The average molecular weight is 193 g/mol. The van der Waals surface area contributed by atoms with Crippen LogP contribution in [0.25, 0.3) is 11.3 Å². The molecule has 0 spiro atoms. The maximum atomic E-state index is 12.4. The summed E-state index contributed by atoms with van der Waals surface area (Å²) < 4.78 is 13.9. The number of rotatable bonds is 2. The maximum Gasteiger partial charge on any atom is 0.169 e. The van der Waals surface area contributed by atoms with Crippen LogP contribution in [0.3, 0.4) is 0 Å². The van der Waals surface area contributed by atoms with Crippen molar-refractivity contribution in [3.05, 3.63) is 48.7 Å². The first-order chi connectivity index (χ1) is 6.42. The monoisotopic (exact) mass is 193 g/mol. The fourth-order valence-electron chi connectivity index (χ4n) is 1.26. The molecule has 0 amide bonds. The van der Waals surface area contributed by atoms with Gasteiger partial charge in [0.15, 0.2) is 12.3 Å². The number of aromatic nitrogens is 1. The predicted octanol–water partition coefficient (Wildman–Crippen LogP) is 3.54. The highest BCUT2D eigenvalue weighted by molar-refractivity contribution is 7.92. The van der Waals surface area contributed by atoms with Gasteiger partial charge in [-0.1, -0.05) is 30.3 Å². The fraction of sp³-hybridized carbons (Fsp3) is 0. The van der Waals surface area contributed by atoms with Gasteiger partial charge in [-0.2, -0.15) is 0 Å². The van der Waals surface area contributed by atoms with E-state index in [-0.39, 0.29) is 12.3 Å². The van der Waals surface area contributed by atoms with E-state index < -0.39 is 0 Å². The molecule has 2 aromatic rings. The lowest BCUT2D eigenvalue weighted by atomic mass is 10.2. The molecule has 1 heterocycles. The van der Waals surface area contributed by atoms with Gasteiger partial charge in [-0.15, -0.1) is 3.89 Å².